The van der Waals surface area contributed by atoms with Crippen LogP contribution in [0.1, 0.15) is 12.5 Å². The maximum atomic E-state index is 11.2. The number of anilines is 1. The largest absolute Gasteiger partial charge is 0.450 e. The van der Waals surface area contributed by atoms with Crippen LogP contribution in [0.3, 0.4) is 0 Å². The van der Waals surface area contributed by atoms with Crippen LogP contribution in [0.15, 0.2) is 24.3 Å². The highest BCUT2D eigenvalue weighted by Gasteiger charge is 2.07. The number of carbonyl (C=O) groups excluding carboxylic acids is 1. The molecule has 0 saturated heterocycles. The van der Waals surface area contributed by atoms with Crippen molar-refractivity contribution in [3.63, 3.8) is 0 Å². The Labute approximate surface area is 111 Å². The van der Waals surface area contributed by atoms with Gasteiger partial charge in [0.05, 0.1) is 13.2 Å². The van der Waals surface area contributed by atoms with Crippen molar-refractivity contribution in [2.24, 2.45) is 0 Å². The van der Waals surface area contributed by atoms with E-state index in [4.69, 9.17) is 21.7 Å². The van der Waals surface area contributed by atoms with Crippen molar-refractivity contribution in [3.05, 3.63) is 29.8 Å². The lowest BCUT2D eigenvalue weighted by atomic mass is 10.2. The molecule has 0 fully saturated rings. The molecule has 1 amide bonds. The molecule has 0 unspecified atom stereocenters. The van der Waals surface area contributed by atoms with Gasteiger partial charge in [-0.2, -0.15) is 0 Å². The number of amides is 1. The van der Waals surface area contributed by atoms with Crippen LogP contribution in [0.2, 0.25) is 0 Å². The minimum atomic E-state index is -0.570. The maximum Gasteiger partial charge on any atom is 0.413 e. The Hall–Kier alpha value is -1.66. The van der Waals surface area contributed by atoms with Crippen molar-refractivity contribution in [1.82, 2.24) is 5.32 Å². The number of benzene rings is 1. The summed E-state index contributed by atoms with van der Waals surface area (Å²) < 4.78 is 9.80. The number of rotatable bonds is 4. The van der Waals surface area contributed by atoms with Crippen LogP contribution in [-0.2, 0) is 16.1 Å². The third kappa shape index (κ3) is 4.68. The normalized spacial score (nSPS) is 9.67. The summed E-state index contributed by atoms with van der Waals surface area (Å²) in [7, 11) is 1.62. The Bertz CT molecular complexity index is 424. The fraction of sp³-hybridized carbons (Fsp3) is 0.333. The van der Waals surface area contributed by atoms with Gasteiger partial charge in [-0.1, -0.05) is 18.2 Å². The van der Waals surface area contributed by atoms with E-state index in [1.54, 1.807) is 14.0 Å². The third-order valence-corrected chi connectivity index (χ3v) is 2.26. The average molecular weight is 268 g/mol. The fourth-order valence-corrected chi connectivity index (χ4v) is 1.53. The first-order valence-corrected chi connectivity index (χ1v) is 5.89. The highest BCUT2D eigenvalue weighted by Crippen LogP contribution is 2.15. The molecule has 1 aromatic rings. The molecule has 0 heterocycles. The summed E-state index contributed by atoms with van der Waals surface area (Å²) in [6.45, 7) is 2.49. The number of ether oxygens (including phenoxy) is 2. The summed E-state index contributed by atoms with van der Waals surface area (Å²) in [5.41, 5.74) is 1.74. The van der Waals surface area contributed by atoms with E-state index in [2.05, 4.69) is 10.6 Å². The number of para-hydroxylation sites is 1. The first kappa shape index (κ1) is 14.4. The van der Waals surface area contributed by atoms with E-state index in [0.717, 1.165) is 11.3 Å². The first-order valence-electron chi connectivity index (χ1n) is 5.49. The molecule has 6 heteroatoms. The lowest BCUT2D eigenvalue weighted by Crippen LogP contribution is -2.34. The number of alkyl carbamates (subject to hydrolysis) is 1. The second kappa shape index (κ2) is 7.62. The number of nitrogens with one attached hydrogen (secondary N) is 2. The number of thiocarbonyl (C=S) groups is 1. The molecule has 98 valence electrons. The van der Waals surface area contributed by atoms with Crippen molar-refractivity contribution in [2.45, 2.75) is 13.5 Å². The van der Waals surface area contributed by atoms with Gasteiger partial charge in [0, 0.05) is 18.4 Å². The molecule has 0 atom stereocenters. The molecule has 0 spiro atoms. The maximum absolute atomic E-state index is 11.2. The number of carbonyl (C=O) groups is 1. The predicted molar refractivity (Wildman–Crippen MR) is 73.5 cm³/mol. The molecular formula is C12H16N2O3S. The van der Waals surface area contributed by atoms with Gasteiger partial charge in [-0.05, 0) is 25.2 Å². The molecular weight excluding hydrogens is 252 g/mol. The van der Waals surface area contributed by atoms with Crippen LogP contribution in [0.25, 0.3) is 0 Å². The van der Waals surface area contributed by atoms with Gasteiger partial charge >= 0.3 is 6.09 Å². The smallest absolute Gasteiger partial charge is 0.413 e. The van der Waals surface area contributed by atoms with Crippen LogP contribution in [-0.4, -0.2) is 24.9 Å². The van der Waals surface area contributed by atoms with Crippen LogP contribution in [0.5, 0.6) is 0 Å². The molecule has 0 aliphatic carbocycles. The molecule has 0 aliphatic heterocycles. The van der Waals surface area contributed by atoms with E-state index in [-0.39, 0.29) is 5.11 Å². The Balaban J connectivity index is 2.61. The lowest BCUT2D eigenvalue weighted by Gasteiger charge is -2.12. The molecule has 1 rings (SSSR count). The number of methoxy groups -OCH3 is 1. The lowest BCUT2D eigenvalue weighted by molar-refractivity contribution is 0.158. The first-order chi connectivity index (χ1) is 8.67. The molecule has 1 aromatic carbocycles. The SMILES string of the molecule is CCOC(=O)NC(=S)Nc1ccccc1COC. The zero-order valence-corrected chi connectivity index (χ0v) is 11.2. The van der Waals surface area contributed by atoms with E-state index in [0.29, 0.717) is 13.2 Å². The van der Waals surface area contributed by atoms with Crippen molar-refractivity contribution in [1.29, 1.82) is 0 Å². The molecule has 0 saturated carbocycles. The van der Waals surface area contributed by atoms with E-state index in [1.165, 1.54) is 0 Å². The Morgan fingerprint density at radius 1 is 1.39 bits per heavy atom. The van der Waals surface area contributed by atoms with Gasteiger partial charge < -0.3 is 14.8 Å². The summed E-state index contributed by atoms with van der Waals surface area (Å²) in [5.74, 6) is 0. The fourth-order valence-electron chi connectivity index (χ4n) is 1.34. The number of hydrogen-bond acceptors (Lipinski definition) is 4. The highest BCUT2D eigenvalue weighted by atomic mass is 32.1. The van der Waals surface area contributed by atoms with Gasteiger partial charge in [0.15, 0.2) is 5.11 Å². The Morgan fingerprint density at radius 3 is 2.78 bits per heavy atom. The zero-order valence-electron chi connectivity index (χ0n) is 10.4. The standard InChI is InChI=1S/C12H16N2O3S/c1-3-17-12(15)14-11(18)13-10-7-5-4-6-9(10)8-16-2/h4-7H,3,8H2,1-2H3,(H2,13,14,15,18). The Morgan fingerprint density at radius 2 is 2.11 bits per heavy atom. The van der Waals surface area contributed by atoms with Crippen molar-refractivity contribution in [2.75, 3.05) is 19.0 Å². The monoisotopic (exact) mass is 268 g/mol. The summed E-state index contributed by atoms with van der Waals surface area (Å²) >= 11 is 5.01. The molecule has 0 aliphatic rings. The second-order valence-electron chi connectivity index (χ2n) is 3.39. The number of hydrogen-bond donors (Lipinski definition) is 2. The third-order valence-electron chi connectivity index (χ3n) is 2.06. The zero-order chi connectivity index (χ0) is 13.4. The minimum absolute atomic E-state index is 0.192. The predicted octanol–water partition coefficient (Wildman–Crippen LogP) is 2.28. The van der Waals surface area contributed by atoms with Crippen molar-refractivity contribution >= 4 is 29.1 Å². The van der Waals surface area contributed by atoms with Crippen molar-refractivity contribution in [3.8, 4) is 0 Å². The molecule has 5 nitrogen and oxygen atoms in total. The van der Waals surface area contributed by atoms with E-state index in [9.17, 15) is 4.79 Å². The molecule has 18 heavy (non-hydrogen) atoms. The molecule has 0 radical (unpaired) electrons. The van der Waals surface area contributed by atoms with Gasteiger partial charge in [0.2, 0.25) is 0 Å². The van der Waals surface area contributed by atoms with Gasteiger partial charge in [-0.15, -0.1) is 0 Å². The van der Waals surface area contributed by atoms with E-state index < -0.39 is 6.09 Å². The van der Waals surface area contributed by atoms with Gasteiger partial charge in [0.25, 0.3) is 0 Å². The Kier molecular flexibility index (Phi) is 6.10. The summed E-state index contributed by atoms with van der Waals surface area (Å²) in [5, 5.41) is 5.53. The average Bonchev–Trinajstić information content (AvgIpc) is 2.32. The van der Waals surface area contributed by atoms with Gasteiger partial charge in [-0.3, -0.25) is 5.32 Å². The molecule has 0 aromatic heterocycles. The quantitative estimate of drug-likeness (QED) is 0.820. The van der Waals surface area contributed by atoms with Gasteiger partial charge in [-0.25, -0.2) is 4.79 Å². The topological polar surface area (TPSA) is 59.6 Å². The van der Waals surface area contributed by atoms with Crippen molar-refractivity contribution < 1.29 is 14.3 Å². The van der Waals surface area contributed by atoms with Crippen LogP contribution in [0, 0.1) is 0 Å². The summed E-state index contributed by atoms with van der Waals surface area (Å²) in [6.07, 6.45) is -0.570. The summed E-state index contributed by atoms with van der Waals surface area (Å²) in [6, 6.07) is 7.54. The molecule has 2 N–H and O–H groups in total. The molecule has 0 bridgehead atoms. The highest BCUT2D eigenvalue weighted by molar-refractivity contribution is 7.80. The second-order valence-corrected chi connectivity index (χ2v) is 3.80. The van der Waals surface area contributed by atoms with Gasteiger partial charge in [0.1, 0.15) is 0 Å². The summed E-state index contributed by atoms with van der Waals surface area (Å²) in [4.78, 5) is 11.2. The minimum Gasteiger partial charge on any atom is -0.450 e. The van der Waals surface area contributed by atoms with E-state index in [1.807, 2.05) is 24.3 Å². The van der Waals surface area contributed by atoms with Crippen LogP contribution < -0.4 is 10.6 Å². The van der Waals surface area contributed by atoms with Crippen LogP contribution in [0.4, 0.5) is 10.5 Å². The van der Waals surface area contributed by atoms with Crippen LogP contribution >= 0.6 is 12.2 Å². The van der Waals surface area contributed by atoms with E-state index >= 15 is 0 Å².